The molecule has 4 amide bonds. The Morgan fingerprint density at radius 3 is 2.64 bits per heavy atom. The third kappa shape index (κ3) is 6.08. The van der Waals surface area contributed by atoms with Gasteiger partial charge in [0.2, 0.25) is 21.8 Å². The molecule has 2 aliphatic carbocycles. The number of fused-ring (bicyclic) bond motifs is 5. The summed E-state index contributed by atoms with van der Waals surface area (Å²) in [6.07, 6.45) is 7.32. The number of allylic oxidation sites excluding steroid dienone is 1. The number of carbonyl (C=O) groups is 4. The third-order valence-electron chi connectivity index (χ3n) is 11.2. The average molecular weight is 710 g/mol. The average Bonchev–Trinajstić information content (AvgIpc) is 3.97. The molecule has 0 bridgehead atoms. The van der Waals surface area contributed by atoms with E-state index in [2.05, 4.69) is 20.3 Å². The van der Waals surface area contributed by atoms with Crippen molar-refractivity contribution < 1.29 is 42.5 Å². The standard InChI is InChI=1S/C35H43N5O9S/c1-33(15-16-33)50(47,48)39-31(44)35-17-21(35)9-5-3-2-4-6-12-25(37-32(45)46)30(43)40-20-34(18-27(40)29(42)38-35)14-13-23-22-10-7-8-11-24(22)36-26(19-41)28(23)49-34/h5,7-11,21,25,27,37,41H,2-4,6,12-20H2,1H3,(H,38,42)(H,39,44)(H,45,46)/t21-,25+,27+,34-,35-/m1/s1. The first kappa shape index (κ1) is 34.2. The smallest absolute Gasteiger partial charge is 0.405 e. The monoisotopic (exact) mass is 709 g/mol. The van der Waals surface area contributed by atoms with Crippen LogP contribution < -0.4 is 20.1 Å². The molecule has 15 heteroatoms. The maximum Gasteiger partial charge on any atom is 0.405 e. The molecule has 1 saturated heterocycles. The van der Waals surface area contributed by atoms with E-state index in [1.807, 2.05) is 36.4 Å². The second kappa shape index (κ2) is 12.5. The lowest BCUT2D eigenvalue weighted by Gasteiger charge is -2.37. The molecule has 1 aromatic carbocycles. The van der Waals surface area contributed by atoms with E-state index in [4.69, 9.17) is 4.74 Å². The Morgan fingerprint density at radius 1 is 1.12 bits per heavy atom. The van der Waals surface area contributed by atoms with Crippen molar-refractivity contribution in [1.82, 2.24) is 25.2 Å². The largest absolute Gasteiger partial charge is 0.483 e. The van der Waals surface area contributed by atoms with Crippen LogP contribution in [0.2, 0.25) is 0 Å². The summed E-state index contributed by atoms with van der Waals surface area (Å²) in [6.45, 7) is 1.13. The van der Waals surface area contributed by atoms with E-state index in [0.717, 1.165) is 23.8 Å². The molecule has 0 unspecified atom stereocenters. The van der Waals surface area contributed by atoms with Gasteiger partial charge < -0.3 is 30.5 Å². The van der Waals surface area contributed by atoms with E-state index in [1.165, 1.54) is 4.90 Å². The van der Waals surface area contributed by atoms with Crippen molar-refractivity contribution in [2.75, 3.05) is 6.54 Å². The van der Waals surface area contributed by atoms with Gasteiger partial charge in [-0.1, -0.05) is 43.2 Å². The molecule has 14 nitrogen and oxygen atoms in total. The van der Waals surface area contributed by atoms with Crippen molar-refractivity contribution in [2.45, 2.75) is 112 Å². The zero-order valence-corrected chi connectivity index (χ0v) is 28.8. The number of sulfonamides is 1. The van der Waals surface area contributed by atoms with E-state index in [0.29, 0.717) is 55.5 Å². The van der Waals surface area contributed by atoms with Crippen LogP contribution in [0.4, 0.5) is 4.79 Å². The second-order valence-electron chi connectivity index (χ2n) is 14.7. The lowest BCUT2D eigenvalue weighted by molar-refractivity contribution is -0.141. The number of aliphatic hydroxyl groups is 1. The number of aliphatic hydroxyl groups excluding tert-OH is 1. The molecule has 3 aliphatic heterocycles. The number of carbonyl (C=O) groups excluding carboxylic acids is 3. The first-order valence-corrected chi connectivity index (χ1v) is 18.8. The van der Waals surface area contributed by atoms with Gasteiger partial charge in [0.15, 0.2) is 0 Å². The Bertz CT molecular complexity index is 1900. The van der Waals surface area contributed by atoms with Crippen molar-refractivity contribution >= 4 is 44.7 Å². The first-order chi connectivity index (χ1) is 23.8. The van der Waals surface area contributed by atoms with E-state index < -0.39 is 74.3 Å². The van der Waals surface area contributed by atoms with Gasteiger partial charge in [0.05, 0.1) is 23.4 Å². The molecule has 268 valence electrons. The van der Waals surface area contributed by atoms with E-state index in [-0.39, 0.29) is 25.8 Å². The maximum absolute atomic E-state index is 14.4. The molecule has 5 atom stereocenters. The molecule has 1 aromatic heterocycles. The zero-order chi connectivity index (χ0) is 35.5. The lowest BCUT2D eigenvalue weighted by Crippen LogP contribution is -2.58. The summed E-state index contributed by atoms with van der Waals surface area (Å²) in [7, 11) is -4.00. The van der Waals surface area contributed by atoms with Crippen molar-refractivity contribution in [3.63, 3.8) is 0 Å². The SMILES string of the molecule is CC1(S(=O)(=O)NC(=O)[C@@]23C[C@H]2C=CCCCCC[C@H](NC(=O)O)C(=O)N2C[C@@]4(CCc5c(c(CO)nc6ccccc56)O4)C[C@H]2C(=O)N3)CC1. The molecule has 5 aliphatic rings. The molecule has 4 heterocycles. The minimum atomic E-state index is -4.00. The summed E-state index contributed by atoms with van der Waals surface area (Å²) in [6, 6.07) is 5.25. The highest BCUT2D eigenvalue weighted by Gasteiger charge is 2.64. The number of nitrogens with one attached hydrogen (secondary N) is 3. The van der Waals surface area contributed by atoms with Crippen molar-refractivity contribution in [3.05, 3.63) is 47.7 Å². The topological polar surface area (TPSA) is 204 Å². The van der Waals surface area contributed by atoms with Crippen molar-refractivity contribution in [2.24, 2.45) is 5.92 Å². The molecule has 5 N–H and O–H groups in total. The fourth-order valence-electron chi connectivity index (χ4n) is 7.80. The predicted octanol–water partition coefficient (Wildman–Crippen LogP) is 2.42. The van der Waals surface area contributed by atoms with Crippen LogP contribution in [0.5, 0.6) is 5.75 Å². The number of hydrogen-bond acceptors (Lipinski definition) is 9. The number of nitrogens with zero attached hydrogens (tertiary/aromatic N) is 2. The van der Waals surface area contributed by atoms with Gasteiger partial charge in [0.25, 0.3) is 5.91 Å². The highest BCUT2D eigenvalue weighted by Crippen LogP contribution is 2.49. The summed E-state index contributed by atoms with van der Waals surface area (Å²) in [5.74, 6) is -2.11. The number of hydrogen-bond donors (Lipinski definition) is 5. The Kier molecular flexibility index (Phi) is 8.56. The van der Waals surface area contributed by atoms with Gasteiger partial charge >= 0.3 is 6.09 Å². The quantitative estimate of drug-likeness (QED) is 0.287. The number of carboxylic acid groups (broad SMARTS) is 1. The number of ether oxygens (including phenoxy) is 1. The first-order valence-electron chi connectivity index (χ1n) is 17.4. The summed E-state index contributed by atoms with van der Waals surface area (Å²) < 4.78 is 34.1. The minimum absolute atomic E-state index is 0.0239. The highest BCUT2D eigenvalue weighted by molar-refractivity contribution is 7.91. The van der Waals surface area contributed by atoms with Crippen LogP contribution in [0.1, 0.15) is 82.4 Å². The van der Waals surface area contributed by atoms with Crippen LogP contribution in [-0.4, -0.2) is 86.8 Å². The molecule has 2 saturated carbocycles. The van der Waals surface area contributed by atoms with Crippen LogP contribution >= 0.6 is 0 Å². The van der Waals surface area contributed by atoms with Crippen LogP contribution in [-0.2, 0) is 37.4 Å². The minimum Gasteiger partial charge on any atom is -0.483 e. The Morgan fingerprint density at radius 2 is 1.90 bits per heavy atom. The third-order valence-corrected chi connectivity index (χ3v) is 13.4. The van der Waals surface area contributed by atoms with E-state index >= 15 is 0 Å². The Balaban J connectivity index is 1.24. The van der Waals surface area contributed by atoms with Gasteiger partial charge in [0, 0.05) is 23.3 Å². The van der Waals surface area contributed by atoms with E-state index in [1.54, 1.807) is 6.92 Å². The number of para-hydroxylation sites is 1. The van der Waals surface area contributed by atoms with Gasteiger partial charge in [0.1, 0.15) is 34.7 Å². The second-order valence-corrected chi connectivity index (χ2v) is 16.9. The fraction of sp³-hybridized carbons (Fsp3) is 0.571. The molecule has 1 spiro atoms. The van der Waals surface area contributed by atoms with Gasteiger partial charge in [-0.05, 0) is 64.4 Å². The summed E-state index contributed by atoms with van der Waals surface area (Å²) >= 11 is 0. The fourth-order valence-corrected chi connectivity index (χ4v) is 9.12. The van der Waals surface area contributed by atoms with Crippen molar-refractivity contribution in [3.8, 4) is 5.75 Å². The van der Waals surface area contributed by atoms with Crippen LogP contribution in [0, 0.1) is 5.92 Å². The molecule has 2 aromatic rings. The molecule has 50 heavy (non-hydrogen) atoms. The number of aryl methyl sites for hydroxylation is 1. The van der Waals surface area contributed by atoms with Crippen LogP contribution in [0.3, 0.4) is 0 Å². The number of benzene rings is 1. The molecular weight excluding hydrogens is 666 g/mol. The number of amides is 4. The van der Waals surface area contributed by atoms with Gasteiger partial charge in [-0.2, -0.15) is 0 Å². The predicted molar refractivity (Wildman–Crippen MR) is 180 cm³/mol. The zero-order valence-electron chi connectivity index (χ0n) is 27.9. The summed E-state index contributed by atoms with van der Waals surface area (Å²) in [5, 5.41) is 26.0. The molecule has 0 radical (unpaired) electrons. The Hall–Kier alpha value is -4.24. The van der Waals surface area contributed by atoms with Crippen LogP contribution in [0.25, 0.3) is 10.9 Å². The molecule has 3 fully saturated rings. The van der Waals surface area contributed by atoms with Gasteiger partial charge in [-0.25, -0.2) is 18.2 Å². The van der Waals surface area contributed by atoms with Gasteiger partial charge in [-0.15, -0.1) is 0 Å². The highest BCUT2D eigenvalue weighted by atomic mass is 32.2. The number of aromatic nitrogens is 1. The van der Waals surface area contributed by atoms with E-state index in [9.17, 15) is 37.8 Å². The normalized spacial score (nSPS) is 30.5. The lowest BCUT2D eigenvalue weighted by atomic mass is 9.87. The summed E-state index contributed by atoms with van der Waals surface area (Å²) in [4.78, 5) is 60.2. The van der Waals surface area contributed by atoms with Crippen LogP contribution in [0.15, 0.2) is 36.4 Å². The number of rotatable bonds is 5. The van der Waals surface area contributed by atoms with Crippen molar-refractivity contribution in [1.29, 1.82) is 0 Å². The molecule has 7 rings (SSSR count). The summed E-state index contributed by atoms with van der Waals surface area (Å²) in [5.41, 5.74) is -0.718. The van der Waals surface area contributed by atoms with Gasteiger partial charge in [-0.3, -0.25) is 19.1 Å². The number of pyridine rings is 1. The molecular formula is C35H43N5O9S. The maximum atomic E-state index is 14.4. The Labute approximate surface area is 290 Å².